The van der Waals surface area contributed by atoms with Crippen LogP contribution in [-0.4, -0.2) is 4.57 Å². The van der Waals surface area contributed by atoms with E-state index in [-0.39, 0.29) is 0 Å². The Morgan fingerprint density at radius 3 is 2.19 bits per heavy atom. The van der Waals surface area contributed by atoms with Crippen LogP contribution in [0.1, 0.15) is 5.56 Å². The van der Waals surface area contributed by atoms with Crippen molar-refractivity contribution in [2.24, 2.45) is 0 Å². The van der Waals surface area contributed by atoms with E-state index in [9.17, 15) is 0 Å². The Labute approximate surface area is 129 Å². The van der Waals surface area contributed by atoms with Crippen LogP contribution in [0.5, 0.6) is 0 Å². The highest BCUT2D eigenvalue weighted by Gasteiger charge is 2.12. The lowest BCUT2D eigenvalue weighted by molar-refractivity contribution is 1.18. The Morgan fingerprint density at radius 2 is 1.43 bits per heavy atom. The molecule has 0 aliphatic rings. The highest BCUT2D eigenvalue weighted by atomic mass is 32.1. The van der Waals surface area contributed by atoms with Crippen LogP contribution in [-0.2, 0) is 0 Å². The van der Waals surface area contributed by atoms with Crippen molar-refractivity contribution in [3.05, 3.63) is 72.3 Å². The van der Waals surface area contributed by atoms with Gasteiger partial charge in [0.15, 0.2) is 0 Å². The number of rotatable bonds is 1. The van der Waals surface area contributed by atoms with Gasteiger partial charge in [0.1, 0.15) is 0 Å². The van der Waals surface area contributed by atoms with Crippen LogP contribution >= 0.6 is 12.6 Å². The number of aromatic nitrogens is 1. The molecule has 1 heterocycles. The molecular weight excluding hydrogens is 274 g/mol. The second kappa shape index (κ2) is 4.68. The molecule has 2 heteroatoms. The molecule has 0 aliphatic carbocycles. The van der Waals surface area contributed by atoms with Gasteiger partial charge >= 0.3 is 0 Å². The lowest BCUT2D eigenvalue weighted by Gasteiger charge is -2.07. The lowest BCUT2D eigenvalue weighted by atomic mass is 10.1. The summed E-state index contributed by atoms with van der Waals surface area (Å²) in [7, 11) is 0. The van der Waals surface area contributed by atoms with Gasteiger partial charge in [0, 0.05) is 21.4 Å². The average molecular weight is 289 g/mol. The van der Waals surface area contributed by atoms with Gasteiger partial charge in [0.05, 0.1) is 11.0 Å². The van der Waals surface area contributed by atoms with Crippen LogP contribution < -0.4 is 0 Å². The molecule has 0 saturated carbocycles. The highest BCUT2D eigenvalue weighted by molar-refractivity contribution is 7.80. The number of benzene rings is 3. The van der Waals surface area contributed by atoms with Crippen molar-refractivity contribution in [1.29, 1.82) is 0 Å². The summed E-state index contributed by atoms with van der Waals surface area (Å²) in [5, 5.41) is 2.54. The molecule has 0 unspecified atom stereocenters. The topological polar surface area (TPSA) is 4.93 Å². The fourth-order valence-electron chi connectivity index (χ4n) is 2.98. The molecule has 0 spiro atoms. The highest BCUT2D eigenvalue weighted by Crippen LogP contribution is 2.33. The molecule has 3 aromatic carbocycles. The Kier molecular flexibility index (Phi) is 2.79. The summed E-state index contributed by atoms with van der Waals surface area (Å²) in [6.07, 6.45) is 0. The third-order valence-electron chi connectivity index (χ3n) is 3.92. The fourth-order valence-corrected chi connectivity index (χ4v) is 3.18. The summed E-state index contributed by atoms with van der Waals surface area (Å²) in [6.45, 7) is 2.13. The minimum Gasteiger partial charge on any atom is -0.309 e. The Hall–Kier alpha value is -2.19. The van der Waals surface area contributed by atoms with Gasteiger partial charge in [0.25, 0.3) is 0 Å². The number of para-hydroxylation sites is 1. The molecule has 1 nitrogen and oxygen atoms in total. The molecule has 0 amide bonds. The predicted octanol–water partition coefficient (Wildman–Crippen LogP) is 5.38. The van der Waals surface area contributed by atoms with Gasteiger partial charge in [-0.25, -0.2) is 0 Å². The molecule has 0 N–H and O–H groups in total. The zero-order valence-corrected chi connectivity index (χ0v) is 12.6. The van der Waals surface area contributed by atoms with Gasteiger partial charge < -0.3 is 4.57 Å². The van der Waals surface area contributed by atoms with Crippen LogP contribution in [0.4, 0.5) is 0 Å². The molecule has 4 rings (SSSR count). The van der Waals surface area contributed by atoms with Gasteiger partial charge in [-0.1, -0.05) is 29.8 Å². The van der Waals surface area contributed by atoms with Crippen molar-refractivity contribution in [3.63, 3.8) is 0 Å². The maximum Gasteiger partial charge on any atom is 0.0541 e. The average Bonchev–Trinajstić information content (AvgIpc) is 2.81. The van der Waals surface area contributed by atoms with Crippen molar-refractivity contribution < 1.29 is 0 Å². The predicted molar refractivity (Wildman–Crippen MR) is 92.8 cm³/mol. The van der Waals surface area contributed by atoms with Crippen molar-refractivity contribution in [2.45, 2.75) is 11.8 Å². The molecule has 0 fully saturated rings. The molecule has 0 bridgehead atoms. The van der Waals surface area contributed by atoms with Crippen LogP contribution in [0, 0.1) is 6.92 Å². The standard InChI is InChI=1S/C19H15NS/c1-13-7-9-18-16(11-13)17-12-15(21)8-10-19(17)20(18)14-5-3-2-4-6-14/h2-12,21H,1H3. The number of fused-ring (bicyclic) bond motifs is 3. The van der Waals surface area contributed by atoms with Crippen LogP contribution in [0.25, 0.3) is 27.5 Å². The van der Waals surface area contributed by atoms with Crippen LogP contribution in [0.3, 0.4) is 0 Å². The van der Waals surface area contributed by atoms with Crippen molar-refractivity contribution >= 4 is 34.4 Å². The molecule has 1 aromatic heterocycles. The first-order valence-electron chi connectivity index (χ1n) is 7.03. The monoisotopic (exact) mass is 289 g/mol. The van der Waals surface area contributed by atoms with E-state index in [1.165, 1.54) is 33.1 Å². The first-order chi connectivity index (χ1) is 10.2. The molecule has 0 atom stereocenters. The van der Waals surface area contributed by atoms with Crippen LogP contribution in [0.2, 0.25) is 0 Å². The zero-order chi connectivity index (χ0) is 14.4. The Morgan fingerprint density at radius 1 is 0.762 bits per heavy atom. The van der Waals surface area contributed by atoms with E-state index in [0.717, 1.165) is 4.90 Å². The molecule has 0 saturated heterocycles. The quantitative estimate of drug-likeness (QED) is 0.449. The molecule has 21 heavy (non-hydrogen) atoms. The maximum atomic E-state index is 4.50. The summed E-state index contributed by atoms with van der Waals surface area (Å²) < 4.78 is 2.32. The molecule has 0 aliphatic heterocycles. The first kappa shape index (κ1) is 12.5. The number of thiol groups is 1. The number of hydrogen-bond acceptors (Lipinski definition) is 1. The molecular formula is C19H15NS. The van der Waals surface area contributed by atoms with Crippen LogP contribution in [0.15, 0.2) is 71.6 Å². The van der Waals surface area contributed by atoms with Crippen molar-refractivity contribution in [1.82, 2.24) is 4.57 Å². The molecule has 102 valence electrons. The number of nitrogens with zero attached hydrogens (tertiary/aromatic N) is 1. The minimum atomic E-state index is 0.996. The second-order valence-electron chi connectivity index (χ2n) is 5.39. The van der Waals surface area contributed by atoms with Crippen molar-refractivity contribution in [2.75, 3.05) is 0 Å². The third-order valence-corrected chi connectivity index (χ3v) is 4.20. The SMILES string of the molecule is Cc1ccc2c(c1)c1cc(S)ccc1n2-c1ccccc1. The molecule has 4 aromatic rings. The van der Waals surface area contributed by atoms with E-state index in [4.69, 9.17) is 0 Å². The van der Waals surface area contributed by atoms with Gasteiger partial charge in [-0.2, -0.15) is 0 Å². The normalized spacial score (nSPS) is 11.3. The van der Waals surface area contributed by atoms with Gasteiger partial charge in [-0.3, -0.25) is 0 Å². The van der Waals surface area contributed by atoms with E-state index in [1.54, 1.807) is 0 Å². The summed E-state index contributed by atoms with van der Waals surface area (Å²) in [5.74, 6) is 0. The summed E-state index contributed by atoms with van der Waals surface area (Å²) >= 11 is 4.50. The van der Waals surface area contributed by atoms with E-state index >= 15 is 0 Å². The van der Waals surface area contributed by atoms with Gasteiger partial charge in [-0.05, 0) is 49.4 Å². The number of hydrogen-bond donors (Lipinski definition) is 1. The summed E-state index contributed by atoms with van der Waals surface area (Å²) in [6, 6.07) is 23.5. The van der Waals surface area contributed by atoms with E-state index in [1.807, 2.05) is 6.07 Å². The maximum absolute atomic E-state index is 4.50. The second-order valence-corrected chi connectivity index (χ2v) is 5.91. The summed E-state index contributed by atoms with van der Waals surface area (Å²) in [5.41, 5.74) is 4.92. The fraction of sp³-hybridized carbons (Fsp3) is 0.0526. The first-order valence-corrected chi connectivity index (χ1v) is 7.48. The van der Waals surface area contributed by atoms with Gasteiger partial charge in [-0.15, -0.1) is 12.6 Å². The molecule has 0 radical (unpaired) electrons. The van der Waals surface area contributed by atoms with E-state index < -0.39 is 0 Å². The smallest absolute Gasteiger partial charge is 0.0541 e. The Bertz CT molecular complexity index is 892. The van der Waals surface area contributed by atoms with E-state index in [2.05, 4.69) is 84.8 Å². The zero-order valence-electron chi connectivity index (χ0n) is 11.7. The third kappa shape index (κ3) is 1.95. The Balaban J connectivity index is 2.22. The lowest BCUT2D eigenvalue weighted by Crippen LogP contribution is -1.92. The van der Waals surface area contributed by atoms with Gasteiger partial charge in [0.2, 0.25) is 0 Å². The largest absolute Gasteiger partial charge is 0.309 e. The number of aryl methyl sites for hydroxylation is 1. The minimum absolute atomic E-state index is 0.996. The summed E-state index contributed by atoms with van der Waals surface area (Å²) in [4.78, 5) is 0.996. The van der Waals surface area contributed by atoms with E-state index in [0.29, 0.717) is 0 Å². The van der Waals surface area contributed by atoms with Crippen molar-refractivity contribution in [3.8, 4) is 5.69 Å².